The van der Waals surface area contributed by atoms with Gasteiger partial charge in [-0.15, -0.1) is 0 Å². The van der Waals surface area contributed by atoms with Crippen LogP contribution in [0.15, 0.2) is 58.1 Å². The summed E-state index contributed by atoms with van der Waals surface area (Å²) < 4.78 is 18.9. The molecule has 0 spiro atoms. The average Bonchev–Trinajstić information content (AvgIpc) is 3.07. The molecule has 0 aliphatic carbocycles. The van der Waals surface area contributed by atoms with Crippen molar-refractivity contribution in [2.24, 2.45) is 10.8 Å². The van der Waals surface area contributed by atoms with Crippen LogP contribution in [0.3, 0.4) is 0 Å². The van der Waals surface area contributed by atoms with Crippen LogP contribution in [0.5, 0.6) is 0 Å². The lowest BCUT2D eigenvalue weighted by atomic mass is 10.1. The van der Waals surface area contributed by atoms with E-state index in [9.17, 15) is 14.0 Å². The molecular weight excluding hydrogens is 405 g/mol. The van der Waals surface area contributed by atoms with Gasteiger partial charge in [-0.2, -0.15) is 5.10 Å². The number of hydrogen-bond donors (Lipinski definition) is 1. The summed E-state index contributed by atoms with van der Waals surface area (Å²) in [7, 11) is 0. The van der Waals surface area contributed by atoms with Crippen molar-refractivity contribution in [3.8, 4) is 0 Å². The van der Waals surface area contributed by atoms with Crippen LogP contribution in [0.4, 0.5) is 10.1 Å². The summed E-state index contributed by atoms with van der Waals surface area (Å²) in [4.78, 5) is 24.0. The van der Waals surface area contributed by atoms with Crippen LogP contribution in [0.2, 0.25) is 0 Å². The zero-order chi connectivity index (χ0) is 18.7. The van der Waals surface area contributed by atoms with Crippen LogP contribution in [0.1, 0.15) is 12.0 Å². The molecule has 2 N–H and O–H groups in total. The minimum absolute atomic E-state index is 0.0503. The summed E-state index contributed by atoms with van der Waals surface area (Å²) in [5.41, 5.74) is 6.82. The normalized spacial score (nSPS) is 16.3. The Morgan fingerprint density at radius 2 is 2.00 bits per heavy atom. The lowest BCUT2D eigenvalue weighted by molar-refractivity contribution is -0.136. The largest absolute Gasteiger partial charge is 0.456 e. The van der Waals surface area contributed by atoms with Gasteiger partial charge in [-0.25, -0.2) is 9.18 Å². The molecular formula is C18H15BrFN3O3. The van der Waals surface area contributed by atoms with Crippen molar-refractivity contribution in [2.75, 3.05) is 5.01 Å². The van der Waals surface area contributed by atoms with Gasteiger partial charge in [0.2, 0.25) is 5.91 Å². The topological polar surface area (TPSA) is 85.0 Å². The molecule has 2 aromatic rings. The van der Waals surface area contributed by atoms with E-state index in [1.54, 1.807) is 24.3 Å². The molecule has 1 heterocycles. The fourth-order valence-corrected chi connectivity index (χ4v) is 3.00. The van der Waals surface area contributed by atoms with E-state index in [-0.39, 0.29) is 18.7 Å². The van der Waals surface area contributed by atoms with E-state index in [1.165, 1.54) is 23.2 Å². The first-order valence-corrected chi connectivity index (χ1v) is 8.57. The Labute approximate surface area is 157 Å². The predicted molar refractivity (Wildman–Crippen MR) is 97.9 cm³/mol. The van der Waals surface area contributed by atoms with Crippen LogP contribution in [-0.2, 0) is 20.9 Å². The van der Waals surface area contributed by atoms with Gasteiger partial charge in [-0.05, 0) is 24.3 Å². The van der Waals surface area contributed by atoms with Gasteiger partial charge in [0.05, 0.1) is 5.69 Å². The van der Waals surface area contributed by atoms with Crippen LogP contribution in [0.25, 0.3) is 0 Å². The molecule has 1 atom stereocenters. The Morgan fingerprint density at radius 1 is 1.27 bits per heavy atom. The van der Waals surface area contributed by atoms with E-state index in [0.717, 1.165) is 0 Å². The van der Waals surface area contributed by atoms with Crippen LogP contribution < -0.4 is 10.7 Å². The number of benzene rings is 2. The Balaban J connectivity index is 1.73. The highest BCUT2D eigenvalue weighted by Gasteiger charge is 2.35. The SMILES string of the molecule is NC(=O)[C@H]1CC(C(=O)OCc2ccc(F)cc2Br)=NN1c1ccccc1. The molecule has 3 rings (SSSR count). The summed E-state index contributed by atoms with van der Waals surface area (Å²) >= 11 is 3.22. The quantitative estimate of drug-likeness (QED) is 0.754. The van der Waals surface area contributed by atoms with Crippen LogP contribution in [-0.4, -0.2) is 23.6 Å². The van der Waals surface area contributed by atoms with E-state index in [1.807, 2.05) is 6.07 Å². The molecule has 1 aliphatic heterocycles. The summed E-state index contributed by atoms with van der Waals surface area (Å²) in [5, 5.41) is 5.64. The molecule has 1 amide bonds. The first-order chi connectivity index (χ1) is 12.5. The van der Waals surface area contributed by atoms with E-state index in [4.69, 9.17) is 10.5 Å². The second kappa shape index (κ2) is 7.65. The monoisotopic (exact) mass is 419 g/mol. The van der Waals surface area contributed by atoms with Gasteiger partial charge in [0.1, 0.15) is 24.2 Å². The van der Waals surface area contributed by atoms with Gasteiger partial charge in [0, 0.05) is 16.5 Å². The molecule has 0 radical (unpaired) electrons. The standard InChI is InChI=1S/C18H15BrFN3O3/c19-14-8-12(20)7-6-11(14)10-26-18(25)15-9-16(17(21)24)23(22-15)13-4-2-1-3-5-13/h1-8,16H,9-10H2,(H2,21,24)/t16-/m1/s1. The van der Waals surface area contributed by atoms with E-state index >= 15 is 0 Å². The van der Waals surface area contributed by atoms with Crippen molar-refractivity contribution in [1.82, 2.24) is 0 Å². The van der Waals surface area contributed by atoms with Gasteiger partial charge in [0.25, 0.3) is 0 Å². The molecule has 0 aromatic heterocycles. The third-order valence-electron chi connectivity index (χ3n) is 3.87. The number of hydrogen-bond acceptors (Lipinski definition) is 5. The van der Waals surface area contributed by atoms with E-state index in [2.05, 4.69) is 21.0 Å². The maximum atomic E-state index is 13.1. The molecule has 0 fully saturated rings. The molecule has 134 valence electrons. The number of hydrazone groups is 1. The second-order valence-corrected chi connectivity index (χ2v) is 6.52. The number of para-hydroxylation sites is 1. The number of halogens is 2. The number of nitrogens with zero attached hydrogens (tertiary/aromatic N) is 2. The highest BCUT2D eigenvalue weighted by Crippen LogP contribution is 2.25. The molecule has 26 heavy (non-hydrogen) atoms. The van der Waals surface area contributed by atoms with Gasteiger partial charge >= 0.3 is 5.97 Å². The summed E-state index contributed by atoms with van der Waals surface area (Å²) in [5.74, 6) is -1.62. The number of amides is 1. The number of esters is 1. The molecule has 0 saturated heterocycles. The lowest BCUT2D eigenvalue weighted by Crippen LogP contribution is -2.39. The van der Waals surface area contributed by atoms with Crippen molar-refractivity contribution in [3.63, 3.8) is 0 Å². The van der Waals surface area contributed by atoms with Crippen molar-refractivity contribution in [1.29, 1.82) is 0 Å². The third kappa shape index (κ3) is 3.91. The number of rotatable bonds is 5. The molecule has 6 nitrogen and oxygen atoms in total. The Bertz CT molecular complexity index is 873. The molecule has 0 unspecified atom stereocenters. The van der Waals surface area contributed by atoms with Crippen molar-refractivity contribution in [3.05, 3.63) is 64.4 Å². The van der Waals surface area contributed by atoms with Crippen molar-refractivity contribution >= 4 is 39.2 Å². The van der Waals surface area contributed by atoms with Gasteiger partial charge in [0.15, 0.2) is 0 Å². The number of ether oxygens (including phenoxy) is 1. The summed E-state index contributed by atoms with van der Waals surface area (Å²) in [6, 6.07) is 12.3. The maximum Gasteiger partial charge on any atom is 0.354 e. The van der Waals surface area contributed by atoms with Gasteiger partial charge in [-0.1, -0.05) is 40.2 Å². The van der Waals surface area contributed by atoms with E-state index in [0.29, 0.717) is 15.7 Å². The lowest BCUT2D eigenvalue weighted by Gasteiger charge is -2.20. The van der Waals surface area contributed by atoms with Crippen LogP contribution >= 0.6 is 15.9 Å². The van der Waals surface area contributed by atoms with Gasteiger partial charge in [-0.3, -0.25) is 9.80 Å². The number of carbonyl (C=O) groups is 2. The molecule has 1 aliphatic rings. The fourth-order valence-electron chi connectivity index (χ4n) is 2.54. The first-order valence-electron chi connectivity index (χ1n) is 7.78. The summed E-state index contributed by atoms with van der Waals surface area (Å²) in [6.07, 6.45) is 0.0631. The Hall–Kier alpha value is -2.74. The Morgan fingerprint density at radius 3 is 2.65 bits per heavy atom. The number of carbonyl (C=O) groups excluding carboxylic acids is 2. The molecule has 8 heteroatoms. The number of anilines is 1. The highest BCUT2D eigenvalue weighted by molar-refractivity contribution is 9.10. The van der Waals surface area contributed by atoms with Crippen molar-refractivity contribution < 1.29 is 18.7 Å². The minimum Gasteiger partial charge on any atom is -0.456 e. The smallest absolute Gasteiger partial charge is 0.354 e. The number of nitrogens with two attached hydrogens (primary N) is 1. The first kappa shape index (κ1) is 18.1. The number of primary amides is 1. The molecule has 0 saturated carbocycles. The zero-order valence-electron chi connectivity index (χ0n) is 13.6. The average molecular weight is 420 g/mol. The zero-order valence-corrected chi connectivity index (χ0v) is 15.1. The second-order valence-electron chi connectivity index (χ2n) is 5.66. The molecule has 0 bridgehead atoms. The Kier molecular flexibility index (Phi) is 5.32. The minimum atomic E-state index is -0.752. The van der Waals surface area contributed by atoms with Crippen LogP contribution in [0, 0.1) is 5.82 Å². The molecule has 2 aromatic carbocycles. The fraction of sp³-hybridized carbons (Fsp3) is 0.167. The predicted octanol–water partition coefficient (Wildman–Crippen LogP) is 2.75. The third-order valence-corrected chi connectivity index (χ3v) is 4.61. The van der Waals surface area contributed by atoms with E-state index < -0.39 is 23.7 Å². The maximum absolute atomic E-state index is 13.1. The van der Waals surface area contributed by atoms with Crippen molar-refractivity contribution in [2.45, 2.75) is 19.1 Å². The summed E-state index contributed by atoms with van der Waals surface area (Å²) in [6.45, 7) is -0.0503. The van der Waals surface area contributed by atoms with Gasteiger partial charge < -0.3 is 10.5 Å². The highest BCUT2D eigenvalue weighted by atomic mass is 79.9.